The van der Waals surface area contributed by atoms with Crippen LogP contribution in [-0.2, 0) is 0 Å². The van der Waals surface area contributed by atoms with E-state index >= 15 is 0 Å². The van der Waals surface area contributed by atoms with Crippen molar-refractivity contribution in [1.82, 2.24) is 0 Å². The Morgan fingerprint density at radius 3 is 2.50 bits per heavy atom. The molecule has 0 fully saturated rings. The molecule has 0 spiro atoms. The lowest BCUT2D eigenvalue weighted by atomic mass is 9.97. The minimum atomic E-state index is 0.263. The Morgan fingerprint density at radius 1 is 1.36 bits per heavy atom. The molecule has 3 heteroatoms. The monoisotopic (exact) mass is 256 g/mol. The quantitative estimate of drug-likeness (QED) is 0.796. The maximum absolute atomic E-state index is 5.86. The zero-order valence-corrected chi connectivity index (χ0v) is 10.5. The van der Waals surface area contributed by atoms with Gasteiger partial charge in [-0.15, -0.1) is 0 Å². The van der Waals surface area contributed by atoms with E-state index in [2.05, 4.69) is 42.0 Å². The van der Waals surface area contributed by atoms with Crippen LogP contribution in [0.5, 0.6) is 0 Å². The molecule has 0 aliphatic rings. The average Bonchev–Trinajstić information content (AvgIpc) is 2.00. The highest BCUT2D eigenvalue weighted by Crippen LogP contribution is 2.24. The number of hydrogen-bond donors (Lipinski definition) is 2. The van der Waals surface area contributed by atoms with Gasteiger partial charge in [0.25, 0.3) is 0 Å². The van der Waals surface area contributed by atoms with Gasteiger partial charge < -0.3 is 11.1 Å². The van der Waals surface area contributed by atoms with E-state index in [1.807, 2.05) is 18.2 Å². The van der Waals surface area contributed by atoms with Crippen LogP contribution in [0.15, 0.2) is 22.7 Å². The highest BCUT2D eigenvalue weighted by atomic mass is 79.9. The van der Waals surface area contributed by atoms with E-state index in [9.17, 15) is 0 Å². The number of rotatable bonds is 2. The van der Waals surface area contributed by atoms with Crippen LogP contribution in [-0.4, -0.2) is 6.54 Å². The van der Waals surface area contributed by atoms with Crippen LogP contribution in [0.25, 0.3) is 0 Å². The van der Waals surface area contributed by atoms with Crippen molar-refractivity contribution in [2.45, 2.75) is 20.8 Å². The molecule has 0 aromatic heterocycles. The third kappa shape index (κ3) is 3.58. The molecule has 0 bridgehead atoms. The first kappa shape index (κ1) is 11.4. The summed E-state index contributed by atoms with van der Waals surface area (Å²) in [4.78, 5) is 0. The van der Waals surface area contributed by atoms with Gasteiger partial charge in [-0.05, 0) is 23.6 Å². The predicted molar refractivity (Wildman–Crippen MR) is 66.5 cm³/mol. The van der Waals surface area contributed by atoms with Gasteiger partial charge in [-0.2, -0.15) is 0 Å². The van der Waals surface area contributed by atoms with Crippen molar-refractivity contribution in [3.05, 3.63) is 22.7 Å². The second-order valence-electron chi connectivity index (χ2n) is 4.65. The van der Waals surface area contributed by atoms with Crippen molar-refractivity contribution in [2.24, 2.45) is 5.41 Å². The van der Waals surface area contributed by atoms with Crippen LogP contribution >= 0.6 is 15.9 Å². The Kier molecular flexibility index (Phi) is 3.43. The molecule has 0 saturated carbocycles. The number of halogens is 1. The van der Waals surface area contributed by atoms with Crippen LogP contribution in [0.2, 0.25) is 0 Å². The molecule has 0 unspecified atom stereocenters. The van der Waals surface area contributed by atoms with E-state index in [4.69, 9.17) is 5.73 Å². The lowest BCUT2D eigenvalue weighted by Crippen LogP contribution is -2.19. The first-order chi connectivity index (χ1) is 6.38. The standard InChI is InChI=1S/C11H17BrN2/c1-11(2,3)7-14-10-5-4-8(12)6-9(10)13/h4-6,14H,7,13H2,1-3H3. The van der Waals surface area contributed by atoms with Crippen LogP contribution in [0.4, 0.5) is 11.4 Å². The van der Waals surface area contributed by atoms with E-state index in [-0.39, 0.29) is 5.41 Å². The minimum Gasteiger partial charge on any atom is -0.397 e. The van der Waals surface area contributed by atoms with Gasteiger partial charge in [0.2, 0.25) is 0 Å². The van der Waals surface area contributed by atoms with Gasteiger partial charge >= 0.3 is 0 Å². The molecule has 0 amide bonds. The summed E-state index contributed by atoms with van der Waals surface area (Å²) in [6.45, 7) is 7.48. The van der Waals surface area contributed by atoms with Gasteiger partial charge in [0, 0.05) is 11.0 Å². The number of hydrogen-bond acceptors (Lipinski definition) is 2. The largest absolute Gasteiger partial charge is 0.397 e. The first-order valence-corrected chi connectivity index (χ1v) is 5.47. The summed E-state index contributed by atoms with van der Waals surface area (Å²) >= 11 is 3.38. The van der Waals surface area contributed by atoms with Crippen molar-refractivity contribution in [3.63, 3.8) is 0 Å². The molecule has 2 nitrogen and oxygen atoms in total. The highest BCUT2D eigenvalue weighted by molar-refractivity contribution is 9.10. The second kappa shape index (κ2) is 4.22. The summed E-state index contributed by atoms with van der Waals surface area (Å²) in [6, 6.07) is 5.89. The Morgan fingerprint density at radius 2 is 2.00 bits per heavy atom. The van der Waals surface area contributed by atoms with E-state index in [0.717, 1.165) is 22.4 Å². The van der Waals surface area contributed by atoms with Gasteiger partial charge in [-0.1, -0.05) is 36.7 Å². The normalized spacial score (nSPS) is 11.4. The summed E-state index contributed by atoms with van der Waals surface area (Å²) in [6.07, 6.45) is 0. The summed E-state index contributed by atoms with van der Waals surface area (Å²) in [7, 11) is 0. The Bertz CT molecular complexity index is 316. The maximum Gasteiger partial charge on any atom is 0.0574 e. The molecule has 3 N–H and O–H groups in total. The predicted octanol–water partition coefficient (Wildman–Crippen LogP) is 3.49. The summed E-state index contributed by atoms with van der Waals surface area (Å²) in [5.74, 6) is 0. The molecular weight excluding hydrogens is 240 g/mol. The van der Waals surface area contributed by atoms with Crippen LogP contribution in [0.3, 0.4) is 0 Å². The lowest BCUT2D eigenvalue weighted by molar-refractivity contribution is 0.443. The SMILES string of the molecule is CC(C)(C)CNc1ccc(Br)cc1N. The fourth-order valence-corrected chi connectivity index (χ4v) is 1.43. The third-order valence-corrected chi connectivity index (χ3v) is 2.32. The number of anilines is 2. The summed E-state index contributed by atoms with van der Waals surface area (Å²) < 4.78 is 1.01. The Balaban J connectivity index is 2.68. The second-order valence-corrected chi connectivity index (χ2v) is 5.56. The van der Waals surface area contributed by atoms with Gasteiger partial charge in [-0.25, -0.2) is 0 Å². The minimum absolute atomic E-state index is 0.263. The third-order valence-electron chi connectivity index (χ3n) is 1.82. The molecule has 0 saturated heterocycles. The molecular formula is C11H17BrN2. The molecule has 1 aromatic carbocycles. The Labute approximate surface area is 94.0 Å². The van der Waals surface area contributed by atoms with E-state index < -0.39 is 0 Å². The van der Waals surface area contributed by atoms with Gasteiger partial charge in [0.1, 0.15) is 0 Å². The van der Waals surface area contributed by atoms with Crippen molar-refractivity contribution in [3.8, 4) is 0 Å². The summed E-state index contributed by atoms with van der Waals surface area (Å²) in [5.41, 5.74) is 7.91. The fourth-order valence-electron chi connectivity index (χ4n) is 1.05. The number of nitrogen functional groups attached to an aromatic ring is 1. The topological polar surface area (TPSA) is 38.0 Å². The lowest BCUT2D eigenvalue weighted by Gasteiger charge is -2.20. The van der Waals surface area contributed by atoms with Crippen molar-refractivity contribution in [2.75, 3.05) is 17.6 Å². The van der Waals surface area contributed by atoms with Crippen molar-refractivity contribution in [1.29, 1.82) is 0 Å². The van der Waals surface area contributed by atoms with E-state index in [1.54, 1.807) is 0 Å². The number of nitrogens with one attached hydrogen (secondary N) is 1. The number of benzene rings is 1. The van der Waals surface area contributed by atoms with Gasteiger partial charge in [-0.3, -0.25) is 0 Å². The molecule has 78 valence electrons. The van der Waals surface area contributed by atoms with Crippen molar-refractivity contribution < 1.29 is 0 Å². The van der Waals surface area contributed by atoms with Crippen LogP contribution < -0.4 is 11.1 Å². The molecule has 0 radical (unpaired) electrons. The molecule has 0 aliphatic carbocycles. The molecule has 0 atom stereocenters. The highest BCUT2D eigenvalue weighted by Gasteiger charge is 2.10. The zero-order chi connectivity index (χ0) is 10.8. The van der Waals surface area contributed by atoms with Crippen molar-refractivity contribution >= 4 is 27.3 Å². The van der Waals surface area contributed by atoms with Gasteiger partial charge in [0.15, 0.2) is 0 Å². The fraction of sp³-hybridized carbons (Fsp3) is 0.455. The van der Waals surface area contributed by atoms with Gasteiger partial charge in [0.05, 0.1) is 11.4 Å². The number of nitrogens with two attached hydrogens (primary N) is 1. The molecule has 0 aliphatic heterocycles. The first-order valence-electron chi connectivity index (χ1n) is 4.67. The maximum atomic E-state index is 5.86. The van der Waals surface area contributed by atoms with E-state index in [0.29, 0.717) is 0 Å². The van der Waals surface area contributed by atoms with E-state index in [1.165, 1.54) is 0 Å². The zero-order valence-electron chi connectivity index (χ0n) is 8.89. The Hall–Kier alpha value is -0.700. The van der Waals surface area contributed by atoms with Crippen LogP contribution in [0, 0.1) is 5.41 Å². The molecule has 14 heavy (non-hydrogen) atoms. The average molecular weight is 257 g/mol. The molecule has 1 rings (SSSR count). The molecule has 1 aromatic rings. The summed E-state index contributed by atoms with van der Waals surface area (Å²) in [5, 5.41) is 3.33. The molecule has 0 heterocycles. The smallest absolute Gasteiger partial charge is 0.0574 e. The van der Waals surface area contributed by atoms with Crippen LogP contribution in [0.1, 0.15) is 20.8 Å².